The first-order chi connectivity index (χ1) is 14.3. The number of fused-ring (bicyclic) bond motifs is 1. The molecule has 0 spiro atoms. The number of thiophene rings is 1. The normalized spacial score (nSPS) is 11.2. The van der Waals surface area contributed by atoms with Crippen molar-refractivity contribution in [1.29, 1.82) is 0 Å². The van der Waals surface area contributed by atoms with Crippen LogP contribution in [0.15, 0.2) is 36.4 Å². The van der Waals surface area contributed by atoms with E-state index < -0.39 is 5.97 Å². The molecule has 1 aromatic carbocycles. The van der Waals surface area contributed by atoms with Crippen molar-refractivity contribution in [2.24, 2.45) is 7.05 Å². The molecule has 0 unspecified atom stereocenters. The van der Waals surface area contributed by atoms with Gasteiger partial charge in [-0.3, -0.25) is 4.79 Å². The maximum Gasteiger partial charge on any atom is 0.348 e. The van der Waals surface area contributed by atoms with Gasteiger partial charge in [-0.05, 0) is 57.2 Å². The standard InChI is InChI=1S/C22H20FN3O3S/c1-12-9-18(14(3)25(12)4)19(27)11-29-22(28)20-10-17-13(2)24-26(21(17)30-20)16-7-5-15(23)6-8-16/h5-10H,11H2,1-4H3. The van der Waals surface area contributed by atoms with Crippen molar-refractivity contribution in [3.05, 3.63) is 69.7 Å². The molecule has 3 aromatic heterocycles. The van der Waals surface area contributed by atoms with Crippen LogP contribution in [-0.4, -0.2) is 32.7 Å². The first kappa shape index (κ1) is 20.0. The van der Waals surface area contributed by atoms with Crippen molar-refractivity contribution in [1.82, 2.24) is 14.3 Å². The Kier molecular flexibility index (Phi) is 5.03. The van der Waals surface area contributed by atoms with Gasteiger partial charge in [-0.2, -0.15) is 5.10 Å². The molecule has 0 saturated heterocycles. The molecule has 4 aromatic rings. The molecular weight excluding hydrogens is 405 g/mol. The van der Waals surface area contributed by atoms with Crippen LogP contribution < -0.4 is 0 Å². The predicted octanol–water partition coefficient (Wildman–Crippen LogP) is 4.53. The molecule has 0 aliphatic carbocycles. The number of halogens is 1. The molecule has 30 heavy (non-hydrogen) atoms. The summed E-state index contributed by atoms with van der Waals surface area (Å²) < 4.78 is 22.1. The van der Waals surface area contributed by atoms with Crippen LogP contribution in [0.1, 0.15) is 37.1 Å². The summed E-state index contributed by atoms with van der Waals surface area (Å²) >= 11 is 1.23. The maximum absolute atomic E-state index is 13.2. The summed E-state index contributed by atoms with van der Waals surface area (Å²) in [6.07, 6.45) is 0. The Labute approximate surface area is 176 Å². The molecule has 0 N–H and O–H groups in total. The summed E-state index contributed by atoms with van der Waals surface area (Å²) in [6.45, 7) is 5.30. The van der Waals surface area contributed by atoms with Crippen molar-refractivity contribution in [3.63, 3.8) is 0 Å². The van der Waals surface area contributed by atoms with Gasteiger partial charge < -0.3 is 9.30 Å². The summed E-state index contributed by atoms with van der Waals surface area (Å²) in [7, 11) is 1.89. The molecule has 0 fully saturated rings. The van der Waals surface area contributed by atoms with Crippen LogP contribution in [0, 0.1) is 26.6 Å². The number of benzene rings is 1. The first-order valence-corrected chi connectivity index (χ1v) is 10.2. The zero-order chi connectivity index (χ0) is 21.6. The lowest BCUT2D eigenvalue weighted by Crippen LogP contribution is -2.14. The summed E-state index contributed by atoms with van der Waals surface area (Å²) in [6, 6.07) is 9.49. The molecule has 0 amide bonds. The number of aromatic nitrogens is 3. The highest BCUT2D eigenvalue weighted by Gasteiger charge is 2.20. The van der Waals surface area contributed by atoms with E-state index in [-0.39, 0.29) is 18.2 Å². The van der Waals surface area contributed by atoms with Gasteiger partial charge in [-0.25, -0.2) is 13.9 Å². The van der Waals surface area contributed by atoms with Crippen LogP contribution >= 0.6 is 11.3 Å². The van der Waals surface area contributed by atoms with Gasteiger partial charge in [0.15, 0.2) is 6.61 Å². The number of Topliss-reactive ketones (excluding diaryl/α,β-unsaturated/α-hetero) is 1. The molecule has 0 atom stereocenters. The largest absolute Gasteiger partial charge is 0.453 e. The van der Waals surface area contributed by atoms with Crippen molar-refractivity contribution in [2.75, 3.05) is 6.61 Å². The highest BCUT2D eigenvalue weighted by atomic mass is 32.1. The molecule has 0 saturated carbocycles. The Morgan fingerprint density at radius 3 is 2.47 bits per heavy atom. The van der Waals surface area contributed by atoms with Crippen LogP contribution in [0.3, 0.4) is 0 Å². The van der Waals surface area contributed by atoms with E-state index in [1.54, 1.807) is 28.9 Å². The number of rotatable bonds is 5. The molecule has 0 bridgehead atoms. The van der Waals surface area contributed by atoms with Gasteiger partial charge in [-0.1, -0.05) is 0 Å². The highest BCUT2D eigenvalue weighted by Crippen LogP contribution is 2.31. The number of hydrogen-bond donors (Lipinski definition) is 0. The fraction of sp³-hybridized carbons (Fsp3) is 0.227. The summed E-state index contributed by atoms with van der Waals surface area (Å²) in [5.41, 5.74) is 3.80. The molecule has 0 aliphatic heterocycles. The van der Waals surface area contributed by atoms with Gasteiger partial charge in [0.05, 0.1) is 11.4 Å². The predicted molar refractivity (Wildman–Crippen MR) is 113 cm³/mol. The first-order valence-electron chi connectivity index (χ1n) is 9.34. The summed E-state index contributed by atoms with van der Waals surface area (Å²) in [5, 5.41) is 5.30. The quantitative estimate of drug-likeness (QED) is 0.348. The fourth-order valence-corrected chi connectivity index (χ4v) is 4.40. The molecular formula is C22H20FN3O3S. The third kappa shape index (κ3) is 3.43. The van der Waals surface area contributed by atoms with E-state index >= 15 is 0 Å². The van der Waals surface area contributed by atoms with E-state index in [2.05, 4.69) is 5.10 Å². The fourth-order valence-electron chi connectivity index (χ4n) is 3.32. The topological polar surface area (TPSA) is 66.1 Å². The second kappa shape index (κ2) is 7.53. The molecule has 3 heterocycles. The number of nitrogens with zero attached hydrogens (tertiary/aromatic N) is 3. The van der Waals surface area contributed by atoms with Gasteiger partial charge in [0.1, 0.15) is 15.5 Å². The van der Waals surface area contributed by atoms with Gasteiger partial charge in [0.2, 0.25) is 5.78 Å². The van der Waals surface area contributed by atoms with E-state index in [1.807, 2.05) is 32.4 Å². The van der Waals surface area contributed by atoms with Crippen LogP contribution in [-0.2, 0) is 11.8 Å². The molecule has 0 radical (unpaired) electrons. The number of aryl methyl sites for hydroxylation is 2. The Morgan fingerprint density at radius 2 is 1.83 bits per heavy atom. The minimum Gasteiger partial charge on any atom is -0.453 e. The minimum atomic E-state index is -0.556. The van der Waals surface area contributed by atoms with E-state index in [0.717, 1.165) is 27.3 Å². The number of ether oxygens (including phenoxy) is 1. The number of ketones is 1. The Bertz CT molecular complexity index is 1280. The number of esters is 1. The van der Waals surface area contributed by atoms with Crippen molar-refractivity contribution in [2.45, 2.75) is 20.8 Å². The molecule has 4 rings (SSSR count). The molecule has 0 aliphatic rings. The second-order valence-electron chi connectivity index (χ2n) is 7.15. The lowest BCUT2D eigenvalue weighted by molar-refractivity contribution is 0.0479. The van der Waals surface area contributed by atoms with Gasteiger partial charge >= 0.3 is 5.97 Å². The van der Waals surface area contributed by atoms with Crippen LogP contribution in [0.25, 0.3) is 15.9 Å². The zero-order valence-corrected chi connectivity index (χ0v) is 17.8. The summed E-state index contributed by atoms with van der Waals surface area (Å²) in [5.74, 6) is -1.12. The highest BCUT2D eigenvalue weighted by molar-refractivity contribution is 7.20. The van der Waals surface area contributed by atoms with Gasteiger partial charge in [-0.15, -0.1) is 11.3 Å². The monoisotopic (exact) mass is 425 g/mol. The van der Waals surface area contributed by atoms with E-state index in [9.17, 15) is 14.0 Å². The number of carbonyl (C=O) groups excluding carboxylic acids is 2. The van der Waals surface area contributed by atoms with Crippen LogP contribution in [0.5, 0.6) is 0 Å². The third-order valence-electron chi connectivity index (χ3n) is 5.23. The smallest absolute Gasteiger partial charge is 0.348 e. The lowest BCUT2D eigenvalue weighted by atomic mass is 10.1. The van der Waals surface area contributed by atoms with E-state index in [1.165, 1.54) is 23.5 Å². The summed E-state index contributed by atoms with van der Waals surface area (Å²) in [4.78, 5) is 26.2. The number of carbonyl (C=O) groups is 2. The molecule has 8 heteroatoms. The Balaban J connectivity index is 1.55. The molecule has 154 valence electrons. The average Bonchev–Trinajstić information content (AvgIpc) is 3.37. The van der Waals surface area contributed by atoms with Gasteiger partial charge in [0, 0.05) is 29.4 Å². The van der Waals surface area contributed by atoms with Crippen LogP contribution in [0.4, 0.5) is 4.39 Å². The van der Waals surface area contributed by atoms with E-state index in [4.69, 9.17) is 4.74 Å². The van der Waals surface area contributed by atoms with Crippen molar-refractivity contribution in [3.8, 4) is 5.69 Å². The zero-order valence-electron chi connectivity index (χ0n) is 17.0. The SMILES string of the molecule is Cc1nn(-c2ccc(F)cc2)c2sc(C(=O)OCC(=O)c3cc(C)n(C)c3C)cc12. The third-order valence-corrected chi connectivity index (χ3v) is 6.32. The minimum absolute atomic E-state index is 0.237. The lowest BCUT2D eigenvalue weighted by Gasteiger charge is -2.04. The molecule has 6 nitrogen and oxygen atoms in total. The number of hydrogen-bond acceptors (Lipinski definition) is 5. The average molecular weight is 425 g/mol. The van der Waals surface area contributed by atoms with Crippen molar-refractivity contribution < 1.29 is 18.7 Å². The van der Waals surface area contributed by atoms with Crippen molar-refractivity contribution >= 4 is 33.3 Å². The Hall–Kier alpha value is -3.26. The van der Waals surface area contributed by atoms with Crippen LogP contribution in [0.2, 0.25) is 0 Å². The van der Waals surface area contributed by atoms with Gasteiger partial charge in [0.25, 0.3) is 0 Å². The van der Waals surface area contributed by atoms with E-state index in [0.29, 0.717) is 16.1 Å². The maximum atomic E-state index is 13.2. The Morgan fingerprint density at radius 1 is 1.13 bits per heavy atom. The second-order valence-corrected chi connectivity index (χ2v) is 8.18.